The summed E-state index contributed by atoms with van der Waals surface area (Å²) in [7, 11) is 0. The van der Waals surface area contributed by atoms with Gasteiger partial charge in [-0.15, -0.1) is 0 Å². The zero-order valence-electron chi connectivity index (χ0n) is 41.2. The van der Waals surface area contributed by atoms with Gasteiger partial charge >= 0.3 is 0 Å². The normalized spacial score (nSPS) is 11.2. The van der Waals surface area contributed by atoms with Crippen molar-refractivity contribution in [1.82, 2.24) is 29.9 Å². The molecule has 0 N–H and O–H groups in total. The third-order valence-electron chi connectivity index (χ3n) is 13.0. The van der Waals surface area contributed by atoms with Crippen molar-refractivity contribution >= 4 is 45.4 Å². The van der Waals surface area contributed by atoms with Gasteiger partial charge in [0.05, 0.1) is 17.1 Å². The highest BCUT2D eigenvalue weighted by Gasteiger charge is 2.27. The highest BCUT2D eigenvalue weighted by Crippen LogP contribution is 2.45. The Labute approximate surface area is 421 Å². The summed E-state index contributed by atoms with van der Waals surface area (Å²) in [4.78, 5) is 36.2. The lowest BCUT2D eigenvalue weighted by molar-refractivity contribution is 0.964. The maximum Gasteiger partial charge on any atom is 0.241 e. The van der Waals surface area contributed by atoms with E-state index in [0.29, 0.717) is 35.2 Å². The molecule has 2 heterocycles. The minimum atomic E-state index is 0.343. The summed E-state index contributed by atoms with van der Waals surface area (Å²) >= 11 is 0. The summed E-state index contributed by atoms with van der Waals surface area (Å²) in [6.07, 6.45) is 0. The molecule has 348 valence electrons. The van der Waals surface area contributed by atoms with Crippen molar-refractivity contribution in [2.75, 3.05) is 9.80 Å². The first-order valence-electron chi connectivity index (χ1n) is 24.3. The molecule has 11 aromatic rings. The van der Waals surface area contributed by atoms with Gasteiger partial charge in [-0.2, -0.15) is 19.9 Å². The van der Waals surface area contributed by atoms with Gasteiger partial charge < -0.3 is 4.90 Å². The van der Waals surface area contributed by atoms with Crippen molar-refractivity contribution < 1.29 is 0 Å². The molecule has 0 bridgehead atoms. The molecule has 0 unspecified atom stereocenters. The molecule has 0 fully saturated rings. The number of aryl methyl sites for hydroxylation is 6. The molecule has 0 radical (unpaired) electrons. The molecule has 2 aromatic heterocycles. The second-order valence-corrected chi connectivity index (χ2v) is 18.5. The second-order valence-electron chi connectivity index (χ2n) is 18.5. The van der Waals surface area contributed by atoms with Crippen LogP contribution < -0.4 is 9.80 Å². The van der Waals surface area contributed by atoms with Gasteiger partial charge in [0.15, 0.2) is 23.3 Å². The zero-order valence-corrected chi connectivity index (χ0v) is 41.2. The molecule has 72 heavy (non-hydrogen) atoms. The fraction of sp³-hybridized carbons (Fsp3) is 0.0938. The number of fused-ring (bicyclic) bond motifs is 1. The maximum absolute atomic E-state index is 5.49. The lowest BCUT2D eigenvalue weighted by atomic mass is 9.95. The number of benzene rings is 9. The summed E-state index contributed by atoms with van der Waals surface area (Å²) in [5.74, 6) is 2.73. The van der Waals surface area contributed by atoms with Gasteiger partial charge in [-0.3, -0.25) is 0 Å². The monoisotopic (exact) mass is 932 g/mol. The number of anilines is 6. The van der Waals surface area contributed by atoms with Gasteiger partial charge in [0.25, 0.3) is 0 Å². The van der Waals surface area contributed by atoms with Crippen LogP contribution in [0.3, 0.4) is 0 Å². The zero-order chi connectivity index (χ0) is 49.3. The van der Waals surface area contributed by atoms with Crippen molar-refractivity contribution in [3.8, 4) is 56.7 Å². The van der Waals surface area contributed by atoms with E-state index >= 15 is 0 Å². The van der Waals surface area contributed by atoms with Gasteiger partial charge in [0, 0.05) is 27.9 Å². The standard InChI is InChI=1S/C64H52N8/c1-41-35-43(3)57(44(4)36-41)71(58-45(5)37-42(2)38-46(58)6)53-31-33-54(34-32-53)72(63-67-59(48-23-13-8-14-24-48)65-60(68-63)49-25-15-9-16-26-49)64-69-61(50-27-17-10-18-28-50)66-62(70-64)56-40-52-30-20-19-29-51(52)39-55(56)47-21-11-7-12-22-47/h7-40H,1-6H3. The van der Waals surface area contributed by atoms with Crippen LogP contribution in [0.5, 0.6) is 0 Å². The Morgan fingerprint density at radius 3 is 1.00 bits per heavy atom. The van der Waals surface area contributed by atoms with Gasteiger partial charge in [-0.25, -0.2) is 14.9 Å². The Bertz CT molecular complexity index is 3590. The van der Waals surface area contributed by atoms with Gasteiger partial charge in [0.2, 0.25) is 11.9 Å². The van der Waals surface area contributed by atoms with Crippen LogP contribution in [-0.2, 0) is 0 Å². The van der Waals surface area contributed by atoms with Crippen molar-refractivity contribution in [1.29, 1.82) is 0 Å². The van der Waals surface area contributed by atoms with Crippen LogP contribution in [0.25, 0.3) is 67.5 Å². The summed E-state index contributed by atoms with van der Waals surface area (Å²) in [6, 6.07) is 71.0. The van der Waals surface area contributed by atoms with Crippen molar-refractivity contribution in [3.63, 3.8) is 0 Å². The number of aromatic nitrogens is 6. The average molecular weight is 933 g/mol. The van der Waals surface area contributed by atoms with E-state index in [1.807, 2.05) is 102 Å². The molecule has 0 spiro atoms. The smallest absolute Gasteiger partial charge is 0.241 e. The average Bonchev–Trinajstić information content (AvgIpc) is 3.40. The number of rotatable bonds is 11. The summed E-state index contributed by atoms with van der Waals surface area (Å²) in [5, 5.41) is 2.19. The predicted molar refractivity (Wildman–Crippen MR) is 296 cm³/mol. The number of hydrogen-bond acceptors (Lipinski definition) is 8. The Hall–Kier alpha value is -9.14. The first-order chi connectivity index (χ1) is 35.1. The summed E-state index contributed by atoms with van der Waals surface area (Å²) < 4.78 is 0. The SMILES string of the molecule is Cc1cc(C)c(N(c2ccc(N(c3nc(-c4ccccc4)nc(-c4ccccc4)n3)c3nc(-c4ccccc4)nc(-c4cc5ccccc5cc4-c4ccccc4)n3)cc2)c2c(C)cc(C)cc2C)c(C)c1. The third-order valence-corrected chi connectivity index (χ3v) is 13.0. The Morgan fingerprint density at radius 1 is 0.278 bits per heavy atom. The second kappa shape index (κ2) is 19.3. The minimum absolute atomic E-state index is 0.343. The van der Waals surface area contributed by atoms with E-state index in [0.717, 1.165) is 66.9 Å². The lowest BCUT2D eigenvalue weighted by Gasteiger charge is -2.32. The Morgan fingerprint density at radius 2 is 0.597 bits per heavy atom. The fourth-order valence-corrected chi connectivity index (χ4v) is 9.97. The largest absolute Gasteiger partial charge is 0.309 e. The molecule has 0 aliphatic carbocycles. The summed E-state index contributed by atoms with van der Waals surface area (Å²) in [5.41, 5.74) is 16.7. The number of hydrogen-bond donors (Lipinski definition) is 0. The first kappa shape index (κ1) is 45.3. The molecule has 0 aliphatic rings. The van der Waals surface area contributed by atoms with Crippen molar-refractivity contribution in [3.05, 3.63) is 240 Å². The molecule has 11 rings (SSSR count). The highest BCUT2D eigenvalue weighted by molar-refractivity contribution is 5.96. The van der Waals surface area contributed by atoms with E-state index < -0.39 is 0 Å². The minimum Gasteiger partial charge on any atom is -0.309 e. The topological polar surface area (TPSA) is 83.8 Å². The molecule has 9 aromatic carbocycles. The highest BCUT2D eigenvalue weighted by atomic mass is 15.4. The molecular formula is C64H52N8. The Kier molecular flexibility index (Phi) is 12.2. The van der Waals surface area contributed by atoms with E-state index in [-0.39, 0.29) is 0 Å². The summed E-state index contributed by atoms with van der Waals surface area (Å²) in [6.45, 7) is 13.1. The molecule has 0 amide bonds. The van der Waals surface area contributed by atoms with Gasteiger partial charge in [0.1, 0.15) is 0 Å². The van der Waals surface area contributed by atoms with Crippen LogP contribution in [0.15, 0.2) is 206 Å². The quantitative estimate of drug-likeness (QED) is 0.127. The van der Waals surface area contributed by atoms with Crippen LogP contribution in [-0.4, -0.2) is 29.9 Å². The first-order valence-corrected chi connectivity index (χ1v) is 24.3. The predicted octanol–water partition coefficient (Wildman–Crippen LogP) is 16.3. The molecular weight excluding hydrogens is 881 g/mol. The molecule has 8 nitrogen and oxygen atoms in total. The van der Waals surface area contributed by atoms with Crippen LogP contribution in [0.1, 0.15) is 33.4 Å². The molecule has 0 aliphatic heterocycles. The molecule has 0 atom stereocenters. The van der Waals surface area contributed by atoms with Crippen LogP contribution >= 0.6 is 0 Å². The van der Waals surface area contributed by atoms with Crippen LogP contribution in [0.2, 0.25) is 0 Å². The van der Waals surface area contributed by atoms with E-state index in [1.54, 1.807) is 0 Å². The van der Waals surface area contributed by atoms with Crippen LogP contribution in [0.4, 0.5) is 34.6 Å². The fourth-order valence-electron chi connectivity index (χ4n) is 9.97. The third kappa shape index (κ3) is 8.98. The lowest BCUT2D eigenvalue weighted by Crippen LogP contribution is -2.19. The van der Waals surface area contributed by atoms with E-state index in [1.165, 1.54) is 33.4 Å². The molecule has 8 heteroatoms. The van der Waals surface area contributed by atoms with E-state index in [4.69, 9.17) is 29.9 Å². The number of nitrogens with zero attached hydrogens (tertiary/aromatic N) is 8. The van der Waals surface area contributed by atoms with Crippen molar-refractivity contribution in [2.45, 2.75) is 41.5 Å². The molecule has 0 saturated heterocycles. The Balaban J connectivity index is 1.19. The van der Waals surface area contributed by atoms with Gasteiger partial charge in [-0.05, 0) is 122 Å². The molecule has 0 saturated carbocycles. The van der Waals surface area contributed by atoms with E-state index in [2.05, 4.69) is 156 Å². The van der Waals surface area contributed by atoms with E-state index in [9.17, 15) is 0 Å². The maximum atomic E-state index is 5.49. The van der Waals surface area contributed by atoms with Gasteiger partial charge in [-0.1, -0.05) is 181 Å². The van der Waals surface area contributed by atoms with Crippen LogP contribution in [0, 0.1) is 41.5 Å². The van der Waals surface area contributed by atoms with Crippen molar-refractivity contribution in [2.24, 2.45) is 0 Å².